The maximum absolute atomic E-state index is 11.3. The molecule has 0 aromatic carbocycles. The van der Waals surface area contributed by atoms with E-state index in [1.54, 1.807) is 13.0 Å². The maximum atomic E-state index is 11.3. The van der Waals surface area contributed by atoms with Crippen LogP contribution in [0.2, 0.25) is 0 Å². The molecule has 2 aromatic rings. The summed E-state index contributed by atoms with van der Waals surface area (Å²) < 4.78 is 10.4. The number of hydrogen-bond donors (Lipinski definition) is 1. The van der Waals surface area contributed by atoms with Crippen LogP contribution in [0.3, 0.4) is 0 Å². The van der Waals surface area contributed by atoms with Gasteiger partial charge in [-0.15, -0.1) is 0 Å². The summed E-state index contributed by atoms with van der Waals surface area (Å²) in [5.74, 6) is 0.356. The fraction of sp³-hybridized carbons (Fsp3) is 0.333. The van der Waals surface area contributed by atoms with E-state index in [1.807, 2.05) is 0 Å². The minimum atomic E-state index is -0.997. The highest BCUT2D eigenvalue weighted by molar-refractivity contribution is 5.96. The molecule has 2 heterocycles. The minimum absolute atomic E-state index is 0.178. The van der Waals surface area contributed by atoms with E-state index in [-0.39, 0.29) is 11.5 Å². The number of carbonyl (C=O) groups is 1. The molecule has 1 N–H and O–H groups in total. The summed E-state index contributed by atoms with van der Waals surface area (Å²) in [6.45, 7) is 1.77. The Morgan fingerprint density at radius 1 is 1.53 bits per heavy atom. The van der Waals surface area contributed by atoms with Crippen LogP contribution < -0.4 is 0 Å². The van der Waals surface area contributed by atoms with Crippen molar-refractivity contribution in [2.24, 2.45) is 0 Å². The lowest BCUT2D eigenvalue weighted by atomic mass is 10.1. The third kappa shape index (κ3) is 1.54. The van der Waals surface area contributed by atoms with Crippen LogP contribution in [0.1, 0.15) is 40.6 Å². The van der Waals surface area contributed by atoms with Gasteiger partial charge in [-0.2, -0.15) is 0 Å². The van der Waals surface area contributed by atoms with E-state index in [4.69, 9.17) is 8.94 Å². The van der Waals surface area contributed by atoms with E-state index in [1.165, 1.54) is 6.26 Å². The third-order valence-electron chi connectivity index (χ3n) is 2.99. The fourth-order valence-corrected chi connectivity index (χ4v) is 1.95. The van der Waals surface area contributed by atoms with Gasteiger partial charge in [-0.3, -0.25) is 0 Å². The molecule has 0 atom stereocenters. The van der Waals surface area contributed by atoms with Gasteiger partial charge in [0.05, 0.1) is 6.26 Å². The first-order chi connectivity index (χ1) is 8.18. The van der Waals surface area contributed by atoms with Crippen LogP contribution in [0, 0.1) is 6.92 Å². The molecule has 0 aliphatic heterocycles. The van der Waals surface area contributed by atoms with Crippen LogP contribution in [0.15, 0.2) is 21.3 Å². The maximum Gasteiger partial charge on any atom is 0.341 e. The van der Waals surface area contributed by atoms with Gasteiger partial charge >= 0.3 is 5.97 Å². The Kier molecular flexibility index (Phi) is 2.07. The van der Waals surface area contributed by atoms with Crippen LogP contribution in [-0.2, 0) is 0 Å². The van der Waals surface area contributed by atoms with Crippen LogP contribution in [-0.4, -0.2) is 16.2 Å². The van der Waals surface area contributed by atoms with Gasteiger partial charge in [0.25, 0.3) is 0 Å². The molecule has 0 unspecified atom stereocenters. The van der Waals surface area contributed by atoms with Gasteiger partial charge in [-0.05, 0) is 25.8 Å². The van der Waals surface area contributed by atoms with Crippen LogP contribution >= 0.6 is 0 Å². The molecule has 1 aliphatic carbocycles. The van der Waals surface area contributed by atoms with Crippen LogP contribution in [0.4, 0.5) is 0 Å². The summed E-state index contributed by atoms with van der Waals surface area (Å²) >= 11 is 0. The average molecular weight is 233 g/mol. The van der Waals surface area contributed by atoms with Gasteiger partial charge in [0.15, 0.2) is 5.76 Å². The lowest BCUT2D eigenvalue weighted by Gasteiger charge is -1.96. The van der Waals surface area contributed by atoms with Gasteiger partial charge < -0.3 is 14.0 Å². The zero-order chi connectivity index (χ0) is 12.0. The van der Waals surface area contributed by atoms with E-state index in [2.05, 4.69) is 5.16 Å². The van der Waals surface area contributed by atoms with E-state index >= 15 is 0 Å². The van der Waals surface area contributed by atoms with Crippen molar-refractivity contribution < 1.29 is 18.8 Å². The number of rotatable bonds is 3. The Hall–Kier alpha value is -2.04. The number of aromatic nitrogens is 1. The molecule has 1 saturated carbocycles. The molecule has 2 aromatic heterocycles. The second-order valence-electron chi connectivity index (χ2n) is 4.24. The molecule has 0 amide bonds. The van der Waals surface area contributed by atoms with Gasteiger partial charge in [0, 0.05) is 11.5 Å². The highest BCUT2D eigenvalue weighted by Crippen LogP contribution is 2.44. The standard InChI is InChI=1S/C12H11NO4/c1-6-8(4-5-16-6)10-9(12(14)15)11(17-13-10)7-2-3-7/h4-5,7H,2-3H2,1H3,(H,14,15). The van der Waals surface area contributed by atoms with Crippen molar-refractivity contribution in [1.82, 2.24) is 5.16 Å². The number of hydrogen-bond acceptors (Lipinski definition) is 4. The Bertz CT molecular complexity index is 577. The molecule has 0 spiro atoms. The number of aryl methyl sites for hydroxylation is 1. The van der Waals surface area contributed by atoms with Gasteiger partial charge in [-0.25, -0.2) is 4.79 Å². The molecule has 17 heavy (non-hydrogen) atoms. The van der Waals surface area contributed by atoms with E-state index in [0.29, 0.717) is 22.8 Å². The van der Waals surface area contributed by atoms with Crippen LogP contribution in [0.25, 0.3) is 11.3 Å². The predicted octanol–water partition coefficient (Wildman–Crippen LogP) is 2.82. The second kappa shape index (κ2) is 3.48. The molecule has 5 nitrogen and oxygen atoms in total. The lowest BCUT2D eigenvalue weighted by molar-refractivity contribution is 0.0695. The summed E-state index contributed by atoms with van der Waals surface area (Å²) in [4.78, 5) is 11.3. The minimum Gasteiger partial charge on any atom is -0.477 e. The summed E-state index contributed by atoms with van der Waals surface area (Å²) in [6, 6.07) is 1.70. The normalized spacial score (nSPS) is 15.1. The molecule has 3 rings (SSSR count). The van der Waals surface area contributed by atoms with Crippen molar-refractivity contribution in [2.45, 2.75) is 25.7 Å². The van der Waals surface area contributed by atoms with Gasteiger partial charge in [0.1, 0.15) is 17.0 Å². The first-order valence-corrected chi connectivity index (χ1v) is 5.46. The van der Waals surface area contributed by atoms with E-state index in [9.17, 15) is 9.90 Å². The molecule has 1 aliphatic rings. The molecule has 0 bridgehead atoms. The fourth-order valence-electron chi connectivity index (χ4n) is 1.95. The molecule has 0 radical (unpaired) electrons. The summed E-state index contributed by atoms with van der Waals surface area (Å²) in [6.07, 6.45) is 3.46. The molecule has 0 saturated heterocycles. The van der Waals surface area contributed by atoms with Crippen molar-refractivity contribution >= 4 is 5.97 Å². The Labute approximate surface area is 97.0 Å². The number of nitrogens with zero attached hydrogens (tertiary/aromatic N) is 1. The largest absolute Gasteiger partial charge is 0.477 e. The van der Waals surface area contributed by atoms with E-state index < -0.39 is 5.97 Å². The number of furan rings is 1. The van der Waals surface area contributed by atoms with Gasteiger partial charge in [0.2, 0.25) is 0 Å². The second-order valence-corrected chi connectivity index (χ2v) is 4.24. The molecular formula is C12H11NO4. The molecule has 88 valence electrons. The van der Waals surface area contributed by atoms with Crippen LogP contribution in [0.5, 0.6) is 0 Å². The highest BCUT2D eigenvalue weighted by atomic mass is 16.5. The lowest BCUT2D eigenvalue weighted by Crippen LogP contribution is -2.00. The molecular weight excluding hydrogens is 222 g/mol. The van der Waals surface area contributed by atoms with Gasteiger partial charge in [-0.1, -0.05) is 5.16 Å². The first kappa shape index (κ1) is 10.1. The van der Waals surface area contributed by atoms with Crippen molar-refractivity contribution in [3.8, 4) is 11.3 Å². The van der Waals surface area contributed by atoms with Crippen molar-refractivity contribution in [3.05, 3.63) is 29.4 Å². The molecule has 1 fully saturated rings. The van der Waals surface area contributed by atoms with Crippen molar-refractivity contribution in [2.75, 3.05) is 0 Å². The highest BCUT2D eigenvalue weighted by Gasteiger charge is 2.35. The van der Waals surface area contributed by atoms with Crippen molar-refractivity contribution in [3.63, 3.8) is 0 Å². The average Bonchev–Trinajstić information content (AvgIpc) is 2.89. The Balaban J connectivity index is 2.17. The zero-order valence-corrected chi connectivity index (χ0v) is 9.27. The number of carboxylic acids is 1. The third-order valence-corrected chi connectivity index (χ3v) is 2.99. The zero-order valence-electron chi connectivity index (χ0n) is 9.27. The van der Waals surface area contributed by atoms with E-state index in [0.717, 1.165) is 12.8 Å². The Morgan fingerprint density at radius 3 is 2.82 bits per heavy atom. The Morgan fingerprint density at radius 2 is 2.29 bits per heavy atom. The summed E-state index contributed by atoms with van der Waals surface area (Å²) in [5.41, 5.74) is 1.22. The predicted molar refractivity (Wildman–Crippen MR) is 57.9 cm³/mol. The first-order valence-electron chi connectivity index (χ1n) is 5.46. The molecule has 5 heteroatoms. The number of carboxylic acid groups (broad SMARTS) is 1. The smallest absolute Gasteiger partial charge is 0.341 e. The summed E-state index contributed by atoms with van der Waals surface area (Å²) in [5, 5.41) is 13.2. The number of aromatic carboxylic acids is 1. The quantitative estimate of drug-likeness (QED) is 0.881. The van der Waals surface area contributed by atoms with Crippen molar-refractivity contribution in [1.29, 1.82) is 0 Å². The topological polar surface area (TPSA) is 76.5 Å². The SMILES string of the molecule is Cc1occc1-c1noc(C2CC2)c1C(=O)O. The summed E-state index contributed by atoms with van der Waals surface area (Å²) in [7, 11) is 0. The monoisotopic (exact) mass is 233 g/mol.